The normalized spacial score (nSPS) is 30.9. The number of carbonyl (C=O) groups is 1. The van der Waals surface area contributed by atoms with Crippen molar-refractivity contribution in [1.82, 2.24) is 5.32 Å². The summed E-state index contributed by atoms with van der Waals surface area (Å²) in [5, 5.41) is 2.85. The predicted octanol–water partition coefficient (Wildman–Crippen LogP) is 2.00. The number of amides is 1. The highest BCUT2D eigenvalue weighted by Crippen LogP contribution is 2.50. The SMILES string of the molecule is O=C1NC2Cc3ccccc3C2C1(Cl)Cl. The largest absolute Gasteiger partial charge is 0.350 e. The smallest absolute Gasteiger partial charge is 0.257 e. The molecule has 1 N–H and O–H groups in total. The Morgan fingerprint density at radius 3 is 2.87 bits per heavy atom. The van der Waals surface area contributed by atoms with E-state index in [0.29, 0.717) is 0 Å². The van der Waals surface area contributed by atoms with E-state index in [1.54, 1.807) is 0 Å². The molecular formula is C11H9Cl2NO. The Hall–Kier alpha value is -0.730. The standard InChI is InChI=1S/C11H9Cl2NO/c12-11(13)9-7-4-2-1-3-6(7)5-8(9)14-10(11)15/h1-4,8-9H,5H2,(H,14,15). The molecule has 1 aliphatic heterocycles. The monoisotopic (exact) mass is 241 g/mol. The number of alkyl halides is 2. The zero-order valence-electron chi connectivity index (χ0n) is 7.84. The van der Waals surface area contributed by atoms with Crippen molar-refractivity contribution >= 4 is 29.1 Å². The Kier molecular flexibility index (Phi) is 1.83. The van der Waals surface area contributed by atoms with Crippen LogP contribution in [-0.2, 0) is 11.2 Å². The van der Waals surface area contributed by atoms with Crippen LogP contribution in [0.4, 0.5) is 0 Å². The Bertz CT molecular complexity index is 444. The van der Waals surface area contributed by atoms with Crippen LogP contribution in [-0.4, -0.2) is 16.3 Å². The summed E-state index contributed by atoms with van der Waals surface area (Å²) in [6.45, 7) is 0. The van der Waals surface area contributed by atoms with Crippen molar-refractivity contribution in [3.8, 4) is 0 Å². The average molecular weight is 242 g/mol. The number of halogens is 2. The van der Waals surface area contributed by atoms with Crippen LogP contribution in [0.15, 0.2) is 24.3 Å². The fourth-order valence-corrected chi connectivity index (χ4v) is 3.23. The molecule has 0 saturated carbocycles. The molecule has 0 aromatic heterocycles. The van der Waals surface area contributed by atoms with E-state index in [0.717, 1.165) is 12.0 Å². The molecule has 2 unspecified atom stereocenters. The second-order valence-electron chi connectivity index (χ2n) is 4.08. The van der Waals surface area contributed by atoms with Crippen LogP contribution in [0.5, 0.6) is 0 Å². The van der Waals surface area contributed by atoms with Gasteiger partial charge in [0.1, 0.15) is 0 Å². The molecule has 2 nitrogen and oxygen atoms in total. The fourth-order valence-electron chi connectivity index (χ4n) is 2.58. The molecule has 0 radical (unpaired) electrons. The van der Waals surface area contributed by atoms with Gasteiger partial charge in [-0.2, -0.15) is 0 Å². The summed E-state index contributed by atoms with van der Waals surface area (Å²) in [6, 6.07) is 8.06. The fraction of sp³-hybridized carbons (Fsp3) is 0.364. The van der Waals surface area contributed by atoms with Gasteiger partial charge in [-0.05, 0) is 17.5 Å². The van der Waals surface area contributed by atoms with E-state index in [1.807, 2.05) is 18.2 Å². The van der Waals surface area contributed by atoms with Crippen molar-refractivity contribution in [2.75, 3.05) is 0 Å². The lowest BCUT2D eigenvalue weighted by atomic mass is 9.97. The van der Waals surface area contributed by atoms with Crippen molar-refractivity contribution < 1.29 is 4.79 Å². The quantitative estimate of drug-likeness (QED) is 0.692. The summed E-state index contributed by atoms with van der Waals surface area (Å²) in [5.41, 5.74) is 2.34. The van der Waals surface area contributed by atoms with Gasteiger partial charge in [0.25, 0.3) is 5.91 Å². The highest BCUT2D eigenvalue weighted by molar-refractivity contribution is 6.59. The van der Waals surface area contributed by atoms with Crippen molar-refractivity contribution in [1.29, 1.82) is 0 Å². The molecule has 0 spiro atoms. The number of carbonyl (C=O) groups excluding carboxylic acids is 1. The first-order valence-electron chi connectivity index (χ1n) is 4.87. The van der Waals surface area contributed by atoms with E-state index in [-0.39, 0.29) is 17.9 Å². The summed E-state index contributed by atoms with van der Waals surface area (Å²) >= 11 is 12.2. The highest BCUT2D eigenvalue weighted by atomic mass is 35.5. The van der Waals surface area contributed by atoms with Crippen LogP contribution in [0, 0.1) is 0 Å². The van der Waals surface area contributed by atoms with Crippen molar-refractivity contribution in [3.05, 3.63) is 35.4 Å². The minimum atomic E-state index is -1.31. The minimum absolute atomic E-state index is 0.0601. The van der Waals surface area contributed by atoms with Gasteiger partial charge in [-0.3, -0.25) is 4.79 Å². The third kappa shape index (κ3) is 1.15. The molecular weight excluding hydrogens is 233 g/mol. The second-order valence-corrected chi connectivity index (χ2v) is 5.47. The first kappa shape index (κ1) is 9.49. The second kappa shape index (κ2) is 2.89. The molecule has 1 amide bonds. The molecule has 1 aromatic rings. The third-order valence-corrected chi connectivity index (χ3v) is 4.06. The zero-order chi connectivity index (χ0) is 10.6. The molecule has 1 fully saturated rings. The summed E-state index contributed by atoms with van der Waals surface area (Å²) in [6.07, 6.45) is 0.827. The van der Waals surface area contributed by atoms with Crippen molar-refractivity contribution in [2.45, 2.75) is 22.7 Å². The minimum Gasteiger partial charge on any atom is -0.350 e. The van der Waals surface area contributed by atoms with E-state index < -0.39 is 4.33 Å². The topological polar surface area (TPSA) is 29.1 Å². The average Bonchev–Trinajstić information content (AvgIpc) is 2.64. The van der Waals surface area contributed by atoms with Gasteiger partial charge in [-0.1, -0.05) is 47.5 Å². The molecule has 1 saturated heterocycles. The Balaban J connectivity index is 2.14. The lowest BCUT2D eigenvalue weighted by Gasteiger charge is -2.18. The number of hydrogen-bond acceptors (Lipinski definition) is 1. The van der Waals surface area contributed by atoms with Crippen LogP contribution in [0.1, 0.15) is 17.0 Å². The molecule has 78 valence electrons. The van der Waals surface area contributed by atoms with Gasteiger partial charge in [-0.25, -0.2) is 0 Å². The Morgan fingerprint density at radius 1 is 1.33 bits per heavy atom. The van der Waals surface area contributed by atoms with E-state index in [4.69, 9.17) is 23.2 Å². The molecule has 3 rings (SSSR count). The predicted molar refractivity (Wildman–Crippen MR) is 59.3 cm³/mol. The highest BCUT2D eigenvalue weighted by Gasteiger charge is 2.56. The Morgan fingerprint density at radius 2 is 2.07 bits per heavy atom. The molecule has 2 aliphatic rings. The molecule has 4 heteroatoms. The Labute approximate surface area is 97.6 Å². The molecule has 1 aliphatic carbocycles. The lowest BCUT2D eigenvalue weighted by molar-refractivity contribution is -0.120. The van der Waals surface area contributed by atoms with Gasteiger partial charge in [-0.15, -0.1) is 0 Å². The maximum atomic E-state index is 11.5. The molecule has 0 bridgehead atoms. The van der Waals surface area contributed by atoms with Gasteiger partial charge in [0, 0.05) is 12.0 Å². The van der Waals surface area contributed by atoms with Gasteiger partial charge in [0.15, 0.2) is 0 Å². The zero-order valence-corrected chi connectivity index (χ0v) is 9.35. The van der Waals surface area contributed by atoms with Crippen LogP contribution in [0.3, 0.4) is 0 Å². The van der Waals surface area contributed by atoms with E-state index in [1.165, 1.54) is 5.56 Å². The molecule has 15 heavy (non-hydrogen) atoms. The molecule has 1 aromatic carbocycles. The maximum Gasteiger partial charge on any atom is 0.257 e. The van der Waals surface area contributed by atoms with Gasteiger partial charge >= 0.3 is 0 Å². The molecule has 2 atom stereocenters. The third-order valence-electron chi connectivity index (χ3n) is 3.24. The number of rotatable bonds is 0. The van der Waals surface area contributed by atoms with Crippen LogP contribution < -0.4 is 5.32 Å². The van der Waals surface area contributed by atoms with Crippen LogP contribution >= 0.6 is 23.2 Å². The summed E-state index contributed by atoms with van der Waals surface area (Å²) in [7, 11) is 0. The number of hydrogen-bond donors (Lipinski definition) is 1. The lowest BCUT2D eigenvalue weighted by Crippen LogP contribution is -2.30. The molecule has 1 heterocycles. The van der Waals surface area contributed by atoms with Gasteiger partial charge < -0.3 is 5.32 Å². The first-order valence-corrected chi connectivity index (χ1v) is 5.63. The number of fused-ring (bicyclic) bond motifs is 3. The van der Waals surface area contributed by atoms with Gasteiger partial charge in [0.2, 0.25) is 4.33 Å². The van der Waals surface area contributed by atoms with Crippen molar-refractivity contribution in [3.63, 3.8) is 0 Å². The van der Waals surface area contributed by atoms with Crippen molar-refractivity contribution in [2.24, 2.45) is 0 Å². The maximum absolute atomic E-state index is 11.5. The van der Waals surface area contributed by atoms with Crippen LogP contribution in [0.25, 0.3) is 0 Å². The van der Waals surface area contributed by atoms with Crippen LogP contribution in [0.2, 0.25) is 0 Å². The van der Waals surface area contributed by atoms with Gasteiger partial charge in [0.05, 0.1) is 0 Å². The summed E-state index contributed by atoms with van der Waals surface area (Å²) in [4.78, 5) is 11.5. The van der Waals surface area contributed by atoms with E-state index >= 15 is 0 Å². The number of benzene rings is 1. The summed E-state index contributed by atoms with van der Waals surface area (Å²) in [5.74, 6) is -0.375. The van der Waals surface area contributed by atoms with E-state index in [9.17, 15) is 4.79 Å². The number of nitrogens with one attached hydrogen (secondary N) is 1. The van der Waals surface area contributed by atoms with E-state index in [2.05, 4.69) is 11.4 Å². The summed E-state index contributed by atoms with van der Waals surface area (Å²) < 4.78 is -1.31. The first-order chi connectivity index (χ1) is 7.10.